The third-order valence-electron chi connectivity index (χ3n) is 3.99. The Bertz CT molecular complexity index is 607. The molecule has 0 amide bonds. The summed E-state index contributed by atoms with van der Waals surface area (Å²) in [6.45, 7) is 4.67. The summed E-state index contributed by atoms with van der Waals surface area (Å²) in [4.78, 5) is 0. The van der Waals surface area contributed by atoms with Crippen LogP contribution in [0.2, 0.25) is 0 Å². The molecule has 1 heterocycles. The first-order valence-corrected chi connectivity index (χ1v) is 7.94. The molecule has 1 unspecified atom stereocenters. The molecule has 0 saturated carbocycles. The summed E-state index contributed by atoms with van der Waals surface area (Å²) >= 11 is 0. The minimum Gasteiger partial charge on any atom is -0.492 e. The van der Waals surface area contributed by atoms with Crippen molar-refractivity contribution >= 4 is 0 Å². The van der Waals surface area contributed by atoms with Crippen molar-refractivity contribution in [1.82, 2.24) is 10.4 Å². The Morgan fingerprint density at radius 3 is 2.79 bits per heavy atom. The number of rotatable bonds is 6. The van der Waals surface area contributed by atoms with Crippen molar-refractivity contribution in [3.8, 4) is 0 Å². The van der Waals surface area contributed by atoms with Crippen LogP contribution in [-0.4, -0.2) is 29.4 Å². The molecule has 2 rings (SSSR count). The molecule has 1 aliphatic rings. The van der Waals surface area contributed by atoms with Gasteiger partial charge in [-0.2, -0.15) is 8.78 Å². The van der Waals surface area contributed by atoms with E-state index >= 15 is 0 Å². The molecule has 7 heteroatoms. The molecule has 1 aromatic rings. The molecule has 2 N–H and O–H groups in total. The van der Waals surface area contributed by atoms with Gasteiger partial charge in [0, 0.05) is 5.56 Å². The maximum atomic E-state index is 14.5. The van der Waals surface area contributed by atoms with Crippen LogP contribution < -0.4 is 5.43 Å². The number of aliphatic hydroxyl groups is 1. The van der Waals surface area contributed by atoms with E-state index in [0.717, 1.165) is 18.2 Å². The van der Waals surface area contributed by atoms with Crippen LogP contribution in [0.15, 0.2) is 30.2 Å². The molecule has 0 spiro atoms. The maximum Gasteiger partial charge on any atom is 0.298 e. The van der Waals surface area contributed by atoms with Crippen molar-refractivity contribution in [3.05, 3.63) is 47.1 Å². The van der Waals surface area contributed by atoms with Crippen molar-refractivity contribution < 1.29 is 23.0 Å². The summed E-state index contributed by atoms with van der Waals surface area (Å²) in [5.74, 6) is -3.88. The van der Waals surface area contributed by atoms with Gasteiger partial charge in [0.2, 0.25) is 0 Å². The second-order valence-electron chi connectivity index (χ2n) is 5.96. The number of hydrogen-bond acceptors (Lipinski definition) is 4. The number of hydrogen-bond donors (Lipinski definition) is 2. The quantitative estimate of drug-likeness (QED) is 0.830. The van der Waals surface area contributed by atoms with E-state index in [1.165, 1.54) is 12.1 Å². The number of nitrogens with one attached hydrogen (secondary N) is 1. The largest absolute Gasteiger partial charge is 0.492 e. The second kappa shape index (κ2) is 7.44. The smallest absolute Gasteiger partial charge is 0.298 e. The zero-order chi connectivity index (χ0) is 17.9. The highest BCUT2D eigenvalue weighted by molar-refractivity contribution is 5.31. The van der Waals surface area contributed by atoms with E-state index in [4.69, 9.17) is 9.84 Å². The van der Waals surface area contributed by atoms with Gasteiger partial charge >= 0.3 is 0 Å². The van der Waals surface area contributed by atoms with Gasteiger partial charge in [0.15, 0.2) is 0 Å². The molecule has 0 fully saturated rings. The molecule has 24 heavy (non-hydrogen) atoms. The molecule has 4 nitrogen and oxygen atoms in total. The Morgan fingerprint density at radius 2 is 2.17 bits per heavy atom. The zero-order valence-electron chi connectivity index (χ0n) is 14.0. The summed E-state index contributed by atoms with van der Waals surface area (Å²) in [5.41, 5.74) is 2.42. The fraction of sp³-hybridized carbons (Fsp3) is 0.529. The van der Waals surface area contributed by atoms with Crippen LogP contribution in [-0.2, 0) is 10.7 Å². The molecule has 2 atom stereocenters. The molecule has 0 radical (unpaired) electrons. The molecule has 0 aromatic heterocycles. The number of aliphatic hydroxyl groups excluding tert-OH is 1. The summed E-state index contributed by atoms with van der Waals surface area (Å²) in [5, 5.41) is 10.6. The Hall–Kier alpha value is -1.73. The van der Waals surface area contributed by atoms with Crippen LogP contribution >= 0.6 is 0 Å². The number of allylic oxidation sites excluding steroid dienone is 1. The number of hydrazine groups is 1. The van der Waals surface area contributed by atoms with Crippen molar-refractivity contribution in [2.24, 2.45) is 0 Å². The number of ether oxygens (including phenoxy) is 1. The Balaban J connectivity index is 2.20. The molecular formula is C17H23F3N2O2. The number of nitrogens with zero attached hydrogens (tertiary/aromatic N) is 1. The first-order chi connectivity index (χ1) is 11.3. The third-order valence-corrected chi connectivity index (χ3v) is 3.99. The van der Waals surface area contributed by atoms with Gasteiger partial charge in [-0.25, -0.2) is 9.82 Å². The molecule has 1 aromatic carbocycles. The van der Waals surface area contributed by atoms with Gasteiger partial charge in [-0.05, 0) is 26.3 Å². The molecule has 0 aliphatic carbocycles. The summed E-state index contributed by atoms with van der Waals surface area (Å²) in [6, 6.07) is 3.29. The third kappa shape index (κ3) is 4.02. The van der Waals surface area contributed by atoms with Crippen molar-refractivity contribution in [1.29, 1.82) is 0 Å². The van der Waals surface area contributed by atoms with Crippen molar-refractivity contribution in [3.63, 3.8) is 0 Å². The normalized spacial score (nSPS) is 19.7. The fourth-order valence-electron chi connectivity index (χ4n) is 2.69. The zero-order valence-corrected chi connectivity index (χ0v) is 14.0. The molecule has 0 bridgehead atoms. The lowest BCUT2D eigenvalue weighted by molar-refractivity contribution is -0.0584. The van der Waals surface area contributed by atoms with Crippen LogP contribution in [0.5, 0.6) is 0 Å². The lowest BCUT2D eigenvalue weighted by atomic mass is 10.0. The van der Waals surface area contributed by atoms with E-state index in [9.17, 15) is 13.2 Å². The van der Waals surface area contributed by atoms with Crippen molar-refractivity contribution in [2.45, 2.75) is 45.3 Å². The van der Waals surface area contributed by atoms with Gasteiger partial charge in [-0.3, -0.25) is 0 Å². The molecule has 134 valence electrons. The minimum absolute atomic E-state index is 0.0182. The lowest BCUT2D eigenvalue weighted by Crippen LogP contribution is -2.44. The van der Waals surface area contributed by atoms with E-state index in [1.54, 1.807) is 18.1 Å². The summed E-state index contributed by atoms with van der Waals surface area (Å²) < 4.78 is 47.4. The Kier molecular flexibility index (Phi) is 5.77. The maximum absolute atomic E-state index is 14.5. The highest BCUT2D eigenvalue weighted by Crippen LogP contribution is 2.32. The van der Waals surface area contributed by atoms with Crippen LogP contribution in [0.1, 0.15) is 44.4 Å². The highest BCUT2D eigenvalue weighted by atomic mass is 19.3. The topological polar surface area (TPSA) is 44.7 Å². The average Bonchev–Trinajstić information content (AvgIpc) is 2.54. The number of benzene rings is 1. The number of alkyl halides is 2. The van der Waals surface area contributed by atoms with E-state index in [-0.39, 0.29) is 11.7 Å². The van der Waals surface area contributed by atoms with E-state index in [2.05, 4.69) is 5.43 Å². The molecule has 0 saturated heterocycles. The molecular weight excluding hydrogens is 321 g/mol. The lowest BCUT2D eigenvalue weighted by Gasteiger charge is -2.34. The van der Waals surface area contributed by atoms with Crippen LogP contribution in [0.3, 0.4) is 0 Å². The first-order valence-electron chi connectivity index (χ1n) is 7.94. The monoisotopic (exact) mass is 344 g/mol. The Labute approximate surface area is 139 Å². The minimum atomic E-state index is -3.61. The van der Waals surface area contributed by atoms with Gasteiger partial charge in [-0.15, -0.1) is 0 Å². The predicted molar refractivity (Wildman–Crippen MR) is 84.6 cm³/mol. The van der Waals surface area contributed by atoms with Crippen LogP contribution in [0.25, 0.3) is 0 Å². The first kappa shape index (κ1) is 18.6. The van der Waals surface area contributed by atoms with Gasteiger partial charge in [0.1, 0.15) is 24.3 Å². The van der Waals surface area contributed by atoms with Gasteiger partial charge in [0.05, 0.1) is 24.4 Å². The standard InChI is InChI=1S/C17H23F3N2O2/c1-4-13-9-22(8-11(2)24-13)21-12(3)14-6-5-7-15(16(14)18)17(19,20)10-23/h5-8,12-13,21,23H,4,9-10H2,1-3H3/t12?,13-/m1/s1. The highest BCUT2D eigenvalue weighted by Gasteiger charge is 2.35. The summed E-state index contributed by atoms with van der Waals surface area (Å²) in [6.07, 6.45) is 2.60. The predicted octanol–water partition coefficient (Wildman–Crippen LogP) is 3.45. The van der Waals surface area contributed by atoms with Gasteiger partial charge < -0.3 is 14.9 Å². The SMILES string of the molecule is CC[C@@H]1CN(NC(C)c2cccc(C(F)(F)CO)c2F)C=C(C)O1. The number of halogens is 3. The van der Waals surface area contributed by atoms with Gasteiger partial charge in [0.25, 0.3) is 5.92 Å². The van der Waals surface area contributed by atoms with Crippen LogP contribution in [0.4, 0.5) is 13.2 Å². The average molecular weight is 344 g/mol. The molecule has 1 aliphatic heterocycles. The summed E-state index contributed by atoms with van der Waals surface area (Å²) in [7, 11) is 0. The Morgan fingerprint density at radius 1 is 1.46 bits per heavy atom. The van der Waals surface area contributed by atoms with E-state index in [0.29, 0.717) is 6.54 Å². The van der Waals surface area contributed by atoms with Gasteiger partial charge in [-0.1, -0.05) is 19.1 Å². The fourth-order valence-corrected chi connectivity index (χ4v) is 2.69. The van der Waals surface area contributed by atoms with E-state index in [1.807, 2.05) is 13.8 Å². The van der Waals surface area contributed by atoms with Crippen molar-refractivity contribution in [2.75, 3.05) is 13.2 Å². The van der Waals surface area contributed by atoms with Crippen LogP contribution in [0, 0.1) is 5.82 Å². The second-order valence-corrected chi connectivity index (χ2v) is 5.96. The van der Waals surface area contributed by atoms with E-state index < -0.39 is 30.0 Å².